The molecule has 0 saturated carbocycles. The summed E-state index contributed by atoms with van der Waals surface area (Å²) in [5.41, 5.74) is -1.73. The fraction of sp³-hybridized carbons (Fsp3) is 0.348. The van der Waals surface area contributed by atoms with Gasteiger partial charge in [-0.15, -0.1) is 5.10 Å². The lowest BCUT2D eigenvalue weighted by atomic mass is 10.1. The zero-order chi connectivity index (χ0) is 26.0. The van der Waals surface area contributed by atoms with E-state index in [1.165, 1.54) is 30.7 Å². The number of carbonyl (C=O) groups is 1. The van der Waals surface area contributed by atoms with E-state index in [2.05, 4.69) is 10.4 Å². The van der Waals surface area contributed by atoms with E-state index in [4.69, 9.17) is 4.74 Å². The molecule has 3 rings (SSSR count). The molecule has 1 aromatic heterocycles. The largest absolute Gasteiger partial charge is 0.481 e. The third kappa shape index (κ3) is 5.20. The molecule has 0 saturated heterocycles. The van der Waals surface area contributed by atoms with Gasteiger partial charge in [0.15, 0.2) is 6.10 Å². The van der Waals surface area contributed by atoms with Crippen LogP contribution in [0.25, 0.3) is 5.69 Å². The molecule has 0 bridgehead atoms. The van der Waals surface area contributed by atoms with Crippen LogP contribution in [0.4, 0.5) is 27.6 Å². The molecule has 0 unspecified atom stereocenters. The zero-order valence-corrected chi connectivity index (χ0v) is 19.3. The van der Waals surface area contributed by atoms with Crippen molar-refractivity contribution in [1.29, 1.82) is 0 Å². The Morgan fingerprint density at radius 2 is 1.86 bits per heavy atom. The lowest BCUT2D eigenvalue weighted by Crippen LogP contribution is -2.29. The van der Waals surface area contributed by atoms with Gasteiger partial charge in [0, 0.05) is 19.0 Å². The standard InChI is InChI=1S/C23H23F5N4O3/c1-11(2)21-30-32(23(34)31(21)4)16-9-17(35-18(10-24)20(27)28)13(8-15(16)26)22(33)29-19-12(3)6-5-7-14(19)25/h5-9,11,18,20H,10H2,1-4H3,(H,29,33)/t18-/m0/s1. The van der Waals surface area contributed by atoms with Crippen molar-refractivity contribution in [2.24, 2.45) is 7.05 Å². The molecule has 0 aliphatic rings. The Balaban J connectivity index is 2.16. The van der Waals surface area contributed by atoms with Gasteiger partial charge in [-0.2, -0.15) is 4.68 Å². The van der Waals surface area contributed by atoms with Gasteiger partial charge in [0.1, 0.15) is 35.6 Å². The van der Waals surface area contributed by atoms with Crippen LogP contribution in [-0.2, 0) is 7.05 Å². The number of anilines is 1. The molecule has 12 heteroatoms. The second kappa shape index (κ2) is 10.3. The third-order valence-electron chi connectivity index (χ3n) is 5.22. The smallest absolute Gasteiger partial charge is 0.350 e. The average Bonchev–Trinajstić information content (AvgIpc) is 3.09. The summed E-state index contributed by atoms with van der Waals surface area (Å²) in [4.78, 5) is 25.5. The van der Waals surface area contributed by atoms with Crippen molar-refractivity contribution in [3.8, 4) is 11.4 Å². The number of alkyl halides is 3. The second-order valence-electron chi connectivity index (χ2n) is 8.10. The second-order valence-corrected chi connectivity index (χ2v) is 8.10. The molecule has 1 N–H and O–H groups in total. The quantitative estimate of drug-likeness (QED) is 0.464. The molecule has 7 nitrogen and oxygen atoms in total. The van der Waals surface area contributed by atoms with Crippen LogP contribution < -0.4 is 15.7 Å². The number of halogens is 5. The van der Waals surface area contributed by atoms with Crippen molar-refractivity contribution in [3.63, 3.8) is 0 Å². The number of nitrogens with zero attached hydrogens (tertiary/aromatic N) is 3. The summed E-state index contributed by atoms with van der Waals surface area (Å²) in [6.07, 6.45) is -5.55. The van der Waals surface area contributed by atoms with Crippen molar-refractivity contribution >= 4 is 11.6 Å². The van der Waals surface area contributed by atoms with Crippen molar-refractivity contribution in [2.45, 2.75) is 39.2 Å². The summed E-state index contributed by atoms with van der Waals surface area (Å²) < 4.78 is 75.8. The number of ether oxygens (including phenoxy) is 1. The van der Waals surface area contributed by atoms with Crippen molar-refractivity contribution in [2.75, 3.05) is 12.0 Å². The predicted molar refractivity (Wildman–Crippen MR) is 118 cm³/mol. The third-order valence-corrected chi connectivity index (χ3v) is 5.22. The predicted octanol–water partition coefficient (Wildman–Crippen LogP) is 4.52. The zero-order valence-electron chi connectivity index (χ0n) is 19.3. The number of carbonyl (C=O) groups excluding carboxylic acids is 1. The minimum Gasteiger partial charge on any atom is -0.481 e. The molecule has 0 aliphatic heterocycles. The summed E-state index contributed by atoms with van der Waals surface area (Å²) >= 11 is 0. The van der Waals surface area contributed by atoms with Crippen LogP contribution in [0.2, 0.25) is 0 Å². The highest BCUT2D eigenvalue weighted by Crippen LogP contribution is 2.29. The van der Waals surface area contributed by atoms with Crippen LogP contribution in [0.5, 0.6) is 5.75 Å². The first-order chi connectivity index (χ1) is 16.5. The number of hydrogen-bond donors (Lipinski definition) is 1. The Bertz CT molecular complexity index is 1280. The van der Waals surface area contributed by atoms with E-state index in [0.29, 0.717) is 22.1 Å². The van der Waals surface area contributed by atoms with Crippen molar-refractivity contribution in [1.82, 2.24) is 14.3 Å². The Morgan fingerprint density at radius 3 is 2.40 bits per heavy atom. The lowest BCUT2D eigenvalue weighted by Gasteiger charge is -2.19. The maximum absolute atomic E-state index is 15.1. The average molecular weight is 498 g/mol. The minimum atomic E-state index is -3.27. The maximum atomic E-state index is 15.1. The number of para-hydroxylation sites is 1. The number of hydrogen-bond acceptors (Lipinski definition) is 4. The molecular weight excluding hydrogens is 475 g/mol. The molecule has 2 aromatic carbocycles. The monoisotopic (exact) mass is 498 g/mol. The molecule has 3 aromatic rings. The summed E-state index contributed by atoms with van der Waals surface area (Å²) in [5, 5.41) is 6.33. The summed E-state index contributed by atoms with van der Waals surface area (Å²) in [5.74, 6) is -3.54. The van der Waals surface area contributed by atoms with Gasteiger partial charge >= 0.3 is 5.69 Å². The van der Waals surface area contributed by atoms with Gasteiger partial charge in [-0.1, -0.05) is 26.0 Å². The molecule has 188 valence electrons. The Morgan fingerprint density at radius 1 is 1.17 bits per heavy atom. The van der Waals surface area contributed by atoms with Crippen LogP contribution in [0.1, 0.15) is 41.5 Å². The fourth-order valence-electron chi connectivity index (χ4n) is 3.38. The van der Waals surface area contributed by atoms with E-state index < -0.39 is 59.4 Å². The van der Waals surface area contributed by atoms with E-state index in [-0.39, 0.29) is 11.6 Å². The Hall–Kier alpha value is -3.70. The van der Waals surface area contributed by atoms with E-state index >= 15 is 4.39 Å². The van der Waals surface area contributed by atoms with Gasteiger partial charge in [-0.25, -0.2) is 26.7 Å². The van der Waals surface area contributed by atoms with Crippen molar-refractivity contribution < 1.29 is 31.5 Å². The SMILES string of the molecule is Cc1cccc(F)c1NC(=O)c1cc(F)c(-n2nc(C(C)C)n(C)c2=O)cc1O[C@@H](CF)C(F)F. The maximum Gasteiger partial charge on any atom is 0.350 e. The Kier molecular flexibility index (Phi) is 7.61. The number of nitrogens with one attached hydrogen (secondary N) is 1. The van der Waals surface area contributed by atoms with E-state index in [0.717, 1.165) is 12.1 Å². The van der Waals surface area contributed by atoms with Gasteiger partial charge in [0.2, 0.25) is 0 Å². The van der Waals surface area contributed by atoms with Crippen LogP contribution in [0.15, 0.2) is 35.1 Å². The molecular formula is C23H23F5N4O3. The van der Waals surface area contributed by atoms with Crippen molar-refractivity contribution in [3.05, 3.63) is 69.4 Å². The molecule has 1 amide bonds. The minimum absolute atomic E-state index is 0.212. The van der Waals surface area contributed by atoms with Crippen LogP contribution >= 0.6 is 0 Å². The Labute approximate surface area is 197 Å². The lowest BCUT2D eigenvalue weighted by molar-refractivity contribution is -0.00158. The summed E-state index contributed by atoms with van der Waals surface area (Å²) in [7, 11) is 1.42. The van der Waals surface area contributed by atoms with Crippen LogP contribution in [0.3, 0.4) is 0 Å². The normalized spacial score (nSPS) is 12.3. The van der Waals surface area contributed by atoms with E-state index in [1.54, 1.807) is 13.8 Å². The van der Waals surface area contributed by atoms with Gasteiger partial charge in [-0.3, -0.25) is 9.36 Å². The van der Waals surface area contributed by atoms with Gasteiger partial charge in [0.25, 0.3) is 12.3 Å². The number of aromatic nitrogens is 3. The summed E-state index contributed by atoms with van der Waals surface area (Å²) in [6, 6.07) is 5.44. The number of aryl methyl sites for hydroxylation is 1. The van der Waals surface area contributed by atoms with Gasteiger partial charge < -0.3 is 10.1 Å². The number of rotatable bonds is 8. The van der Waals surface area contributed by atoms with Crippen LogP contribution in [-0.4, -0.2) is 39.5 Å². The van der Waals surface area contributed by atoms with E-state index in [1.807, 2.05) is 0 Å². The molecule has 35 heavy (non-hydrogen) atoms. The highest BCUT2D eigenvalue weighted by molar-refractivity contribution is 6.06. The fourth-order valence-corrected chi connectivity index (χ4v) is 3.38. The molecule has 0 fully saturated rings. The first-order valence-electron chi connectivity index (χ1n) is 10.5. The number of amides is 1. The van der Waals surface area contributed by atoms with Gasteiger partial charge in [0.05, 0.1) is 11.3 Å². The highest BCUT2D eigenvalue weighted by atomic mass is 19.3. The molecule has 1 atom stereocenters. The first kappa shape index (κ1) is 25.9. The molecule has 0 radical (unpaired) electrons. The van der Waals surface area contributed by atoms with Gasteiger partial charge in [-0.05, 0) is 24.6 Å². The number of benzene rings is 2. The summed E-state index contributed by atoms with van der Waals surface area (Å²) in [6.45, 7) is 3.40. The first-order valence-corrected chi connectivity index (χ1v) is 10.5. The van der Waals surface area contributed by atoms with Crippen LogP contribution in [0, 0.1) is 18.6 Å². The molecule has 0 spiro atoms. The molecule has 1 heterocycles. The van der Waals surface area contributed by atoms with E-state index in [9.17, 15) is 27.2 Å². The topological polar surface area (TPSA) is 78.2 Å². The molecule has 0 aliphatic carbocycles. The highest BCUT2D eigenvalue weighted by Gasteiger charge is 2.28.